The molecule has 1 fully saturated rings. The van der Waals surface area contributed by atoms with Crippen LogP contribution in [-0.4, -0.2) is 65.3 Å². The van der Waals surface area contributed by atoms with Gasteiger partial charge in [0, 0.05) is 30.9 Å². The van der Waals surface area contributed by atoms with Crippen LogP contribution < -0.4 is 5.32 Å². The van der Waals surface area contributed by atoms with Crippen molar-refractivity contribution in [2.45, 2.75) is 19.3 Å². The molecule has 7 heteroatoms. The number of rotatable bonds is 5. The minimum Gasteiger partial charge on any atom is -0.341 e. The maximum atomic E-state index is 12.5. The zero-order valence-electron chi connectivity index (χ0n) is 16.0. The Morgan fingerprint density at radius 1 is 1.26 bits per heavy atom. The molecule has 1 aliphatic heterocycles. The first kappa shape index (κ1) is 19.0. The third-order valence-corrected chi connectivity index (χ3v) is 4.63. The third kappa shape index (κ3) is 4.68. The van der Waals surface area contributed by atoms with Gasteiger partial charge in [0.25, 0.3) is 5.91 Å². The Bertz CT molecular complexity index is 822. The number of benzene rings is 1. The van der Waals surface area contributed by atoms with E-state index in [0.29, 0.717) is 30.2 Å². The van der Waals surface area contributed by atoms with Crippen molar-refractivity contribution >= 4 is 17.5 Å². The number of nitrogens with one attached hydrogen (secondary N) is 1. The van der Waals surface area contributed by atoms with Gasteiger partial charge in [0.2, 0.25) is 5.91 Å². The third-order valence-electron chi connectivity index (χ3n) is 4.63. The molecule has 1 aromatic heterocycles. The summed E-state index contributed by atoms with van der Waals surface area (Å²) in [7, 11) is 3.77. The fourth-order valence-corrected chi connectivity index (χ4v) is 3.19. The summed E-state index contributed by atoms with van der Waals surface area (Å²) < 4.78 is 0. The maximum Gasteiger partial charge on any atom is 0.259 e. The van der Waals surface area contributed by atoms with Gasteiger partial charge in [-0.3, -0.25) is 9.59 Å². The predicted octanol–water partition coefficient (Wildman–Crippen LogP) is 1.91. The average molecular weight is 367 g/mol. The molecule has 1 saturated heterocycles. The van der Waals surface area contributed by atoms with Crippen LogP contribution in [0.15, 0.2) is 36.5 Å². The summed E-state index contributed by atoms with van der Waals surface area (Å²) in [5, 5.41) is 2.85. The monoisotopic (exact) mass is 367 g/mol. The number of carbonyl (C=O) groups is 2. The van der Waals surface area contributed by atoms with Crippen LogP contribution >= 0.6 is 0 Å². The Hall–Kier alpha value is -2.80. The summed E-state index contributed by atoms with van der Waals surface area (Å²) in [4.78, 5) is 37.4. The maximum absolute atomic E-state index is 12.5. The highest BCUT2D eigenvalue weighted by Crippen LogP contribution is 2.25. The molecule has 1 unspecified atom stereocenters. The van der Waals surface area contributed by atoms with Crippen LogP contribution in [0.2, 0.25) is 0 Å². The molecule has 0 saturated carbocycles. The van der Waals surface area contributed by atoms with Crippen molar-refractivity contribution in [1.82, 2.24) is 19.8 Å². The van der Waals surface area contributed by atoms with E-state index in [1.54, 1.807) is 6.20 Å². The second-order valence-corrected chi connectivity index (χ2v) is 7.11. The number of anilines is 1. The van der Waals surface area contributed by atoms with Gasteiger partial charge in [0.05, 0.1) is 17.8 Å². The molecule has 27 heavy (non-hydrogen) atoms. The van der Waals surface area contributed by atoms with Crippen LogP contribution in [0.5, 0.6) is 0 Å². The van der Waals surface area contributed by atoms with E-state index in [0.717, 1.165) is 18.7 Å². The molecule has 1 atom stereocenters. The number of nitrogens with zero attached hydrogens (tertiary/aromatic N) is 4. The van der Waals surface area contributed by atoms with Crippen molar-refractivity contribution in [2.24, 2.45) is 0 Å². The van der Waals surface area contributed by atoms with Gasteiger partial charge in [-0.15, -0.1) is 0 Å². The molecule has 0 spiro atoms. The molecule has 1 aliphatic rings. The summed E-state index contributed by atoms with van der Waals surface area (Å²) in [5.41, 5.74) is 1.84. The number of para-hydroxylation sites is 1. The lowest BCUT2D eigenvalue weighted by atomic mass is 10.1. The van der Waals surface area contributed by atoms with Gasteiger partial charge < -0.3 is 15.1 Å². The first-order chi connectivity index (χ1) is 12.9. The van der Waals surface area contributed by atoms with Crippen molar-refractivity contribution < 1.29 is 9.59 Å². The Labute approximate surface area is 159 Å². The van der Waals surface area contributed by atoms with E-state index < -0.39 is 0 Å². The largest absolute Gasteiger partial charge is 0.341 e. The van der Waals surface area contributed by atoms with Crippen molar-refractivity contribution in [3.8, 4) is 0 Å². The molecule has 0 radical (unpaired) electrons. The highest BCUT2D eigenvalue weighted by molar-refractivity contribution is 6.04. The van der Waals surface area contributed by atoms with E-state index in [1.165, 1.54) is 0 Å². The van der Waals surface area contributed by atoms with E-state index >= 15 is 0 Å². The van der Waals surface area contributed by atoms with Crippen LogP contribution in [0.4, 0.5) is 5.69 Å². The van der Waals surface area contributed by atoms with E-state index in [1.807, 2.05) is 61.2 Å². The van der Waals surface area contributed by atoms with E-state index in [4.69, 9.17) is 0 Å². The molecule has 1 aromatic carbocycles. The normalized spacial score (nSPS) is 16.6. The lowest BCUT2D eigenvalue weighted by Crippen LogP contribution is -2.36. The number of likely N-dealkylation sites (tertiary alicyclic amines) is 1. The van der Waals surface area contributed by atoms with Crippen LogP contribution in [0.3, 0.4) is 0 Å². The van der Waals surface area contributed by atoms with Crippen molar-refractivity contribution in [3.63, 3.8) is 0 Å². The predicted molar refractivity (Wildman–Crippen MR) is 104 cm³/mol. The summed E-state index contributed by atoms with van der Waals surface area (Å²) in [6.45, 7) is 3.57. The minimum absolute atomic E-state index is 0.112. The Balaban J connectivity index is 1.66. The molecule has 1 N–H and O–H groups in total. The van der Waals surface area contributed by atoms with Gasteiger partial charge >= 0.3 is 0 Å². The Morgan fingerprint density at radius 3 is 2.67 bits per heavy atom. The second kappa shape index (κ2) is 8.26. The molecule has 7 nitrogen and oxygen atoms in total. The summed E-state index contributed by atoms with van der Waals surface area (Å²) in [6.07, 6.45) is 2.43. The molecule has 142 valence electrons. The van der Waals surface area contributed by atoms with Gasteiger partial charge in [0.15, 0.2) is 0 Å². The van der Waals surface area contributed by atoms with Crippen molar-refractivity contribution in [1.29, 1.82) is 0 Å². The number of carbonyl (C=O) groups excluding carboxylic acids is 2. The molecule has 2 amide bonds. The van der Waals surface area contributed by atoms with Crippen LogP contribution in [-0.2, 0) is 4.79 Å². The van der Waals surface area contributed by atoms with Crippen LogP contribution in [0, 0.1) is 6.92 Å². The van der Waals surface area contributed by atoms with Crippen LogP contribution in [0.1, 0.15) is 34.2 Å². The number of hydrogen-bond donors (Lipinski definition) is 1. The molecular formula is C20H25N5O2. The zero-order valence-corrected chi connectivity index (χ0v) is 16.0. The number of aromatic nitrogens is 2. The SMILES string of the molecule is Cc1nc(C2CCN(C(=O)CN(C)C)C2)ncc1C(=O)Nc1ccccc1. The van der Waals surface area contributed by atoms with Gasteiger partial charge in [-0.2, -0.15) is 0 Å². The molecule has 2 heterocycles. The van der Waals surface area contributed by atoms with Gasteiger partial charge in [0.1, 0.15) is 5.82 Å². The van der Waals surface area contributed by atoms with Gasteiger partial charge in [-0.05, 0) is 39.6 Å². The Kier molecular flexibility index (Phi) is 5.81. The topological polar surface area (TPSA) is 78.4 Å². The fourth-order valence-electron chi connectivity index (χ4n) is 3.19. The van der Waals surface area contributed by atoms with E-state index in [2.05, 4.69) is 15.3 Å². The van der Waals surface area contributed by atoms with Gasteiger partial charge in [-0.1, -0.05) is 18.2 Å². The smallest absolute Gasteiger partial charge is 0.259 e. The van der Waals surface area contributed by atoms with Crippen LogP contribution in [0.25, 0.3) is 0 Å². The molecule has 3 rings (SSSR count). The molecular weight excluding hydrogens is 342 g/mol. The van der Waals surface area contributed by atoms with E-state index in [-0.39, 0.29) is 17.7 Å². The number of likely N-dealkylation sites (N-methyl/N-ethyl adjacent to an activating group) is 1. The van der Waals surface area contributed by atoms with Crippen molar-refractivity contribution in [2.75, 3.05) is 39.0 Å². The molecule has 0 aliphatic carbocycles. The quantitative estimate of drug-likeness (QED) is 0.873. The average Bonchev–Trinajstić information content (AvgIpc) is 3.12. The molecule has 0 bridgehead atoms. The van der Waals surface area contributed by atoms with E-state index in [9.17, 15) is 9.59 Å². The summed E-state index contributed by atoms with van der Waals surface area (Å²) in [5.74, 6) is 0.711. The number of aryl methyl sites for hydroxylation is 1. The number of hydrogen-bond acceptors (Lipinski definition) is 5. The van der Waals surface area contributed by atoms with Crippen molar-refractivity contribution in [3.05, 3.63) is 53.6 Å². The Morgan fingerprint density at radius 2 is 2.00 bits per heavy atom. The van der Waals surface area contributed by atoms with Gasteiger partial charge in [-0.25, -0.2) is 9.97 Å². The number of amides is 2. The highest BCUT2D eigenvalue weighted by Gasteiger charge is 2.29. The summed E-state index contributed by atoms with van der Waals surface area (Å²) >= 11 is 0. The second-order valence-electron chi connectivity index (χ2n) is 7.11. The minimum atomic E-state index is -0.223. The zero-order chi connectivity index (χ0) is 19.4. The lowest BCUT2D eigenvalue weighted by Gasteiger charge is -2.19. The lowest BCUT2D eigenvalue weighted by molar-refractivity contribution is -0.130. The fraction of sp³-hybridized carbons (Fsp3) is 0.400. The summed E-state index contributed by atoms with van der Waals surface area (Å²) in [6, 6.07) is 9.30. The molecule has 2 aromatic rings. The highest BCUT2D eigenvalue weighted by atomic mass is 16.2. The first-order valence-electron chi connectivity index (χ1n) is 9.06. The standard InChI is InChI=1S/C20H25N5O2/c1-14-17(20(27)23-16-7-5-4-6-8-16)11-21-19(22-14)15-9-10-25(12-15)18(26)13-24(2)3/h4-8,11,15H,9-10,12-13H2,1-3H3,(H,23,27). The first-order valence-corrected chi connectivity index (χ1v) is 9.06.